The Morgan fingerprint density at radius 2 is 2.06 bits per heavy atom. The summed E-state index contributed by atoms with van der Waals surface area (Å²) >= 11 is 0. The molecule has 0 spiro atoms. The molecule has 0 aliphatic carbocycles. The quantitative estimate of drug-likeness (QED) is 0.685. The van der Waals surface area contributed by atoms with E-state index in [2.05, 4.69) is 19.2 Å². The maximum Gasteiger partial charge on any atom is 0.155 e. The van der Waals surface area contributed by atoms with Gasteiger partial charge >= 0.3 is 0 Å². The highest BCUT2D eigenvalue weighted by atomic mass is 32.2. The van der Waals surface area contributed by atoms with Crippen molar-refractivity contribution in [1.82, 2.24) is 5.32 Å². The zero-order valence-corrected chi connectivity index (χ0v) is 12.6. The van der Waals surface area contributed by atoms with Gasteiger partial charge in [-0.25, -0.2) is 8.42 Å². The molecule has 0 aromatic rings. The molecule has 1 N–H and O–H groups in total. The maximum atomic E-state index is 12.1. The molecule has 2 unspecified atom stereocenters. The third-order valence-electron chi connectivity index (χ3n) is 3.35. The second-order valence-corrected chi connectivity index (χ2v) is 7.91. The molecule has 2 atom stereocenters. The fourth-order valence-electron chi connectivity index (χ4n) is 2.28. The van der Waals surface area contributed by atoms with E-state index in [1.165, 1.54) is 0 Å². The minimum atomic E-state index is -2.97. The van der Waals surface area contributed by atoms with Gasteiger partial charge in [0, 0.05) is 6.61 Å². The average molecular weight is 277 g/mol. The summed E-state index contributed by atoms with van der Waals surface area (Å²) in [6.45, 7) is 8.68. The summed E-state index contributed by atoms with van der Waals surface area (Å²) in [5.74, 6) is 0.944. The first-order chi connectivity index (χ1) is 8.43. The normalized spacial score (nSPS) is 24.9. The standard InChI is InChI=1S/C13H27NO3S/c1-11(2)10-14-7-4-5-9-18(15,16)13-6-8-17-12(13)3/h11-14H,4-10H2,1-3H3. The molecule has 1 fully saturated rings. The molecule has 1 aliphatic rings. The predicted molar refractivity (Wildman–Crippen MR) is 74.5 cm³/mol. The van der Waals surface area contributed by atoms with E-state index in [0.717, 1.165) is 25.9 Å². The summed E-state index contributed by atoms with van der Waals surface area (Å²) in [7, 11) is -2.97. The summed E-state index contributed by atoms with van der Waals surface area (Å²) < 4.78 is 29.5. The lowest BCUT2D eigenvalue weighted by Crippen LogP contribution is -2.30. The average Bonchev–Trinajstić information content (AvgIpc) is 2.70. The van der Waals surface area contributed by atoms with Crippen LogP contribution in [0.2, 0.25) is 0 Å². The topological polar surface area (TPSA) is 55.4 Å². The fraction of sp³-hybridized carbons (Fsp3) is 1.00. The second-order valence-electron chi connectivity index (χ2n) is 5.58. The molecule has 4 nitrogen and oxygen atoms in total. The highest BCUT2D eigenvalue weighted by molar-refractivity contribution is 7.92. The highest BCUT2D eigenvalue weighted by Crippen LogP contribution is 2.22. The van der Waals surface area contributed by atoms with Crippen LogP contribution in [0.15, 0.2) is 0 Å². The lowest BCUT2D eigenvalue weighted by Gasteiger charge is -2.15. The van der Waals surface area contributed by atoms with Crippen LogP contribution in [0.25, 0.3) is 0 Å². The largest absolute Gasteiger partial charge is 0.377 e. The van der Waals surface area contributed by atoms with Gasteiger partial charge in [0.1, 0.15) is 0 Å². The van der Waals surface area contributed by atoms with Gasteiger partial charge in [0.05, 0.1) is 17.1 Å². The van der Waals surface area contributed by atoms with Crippen molar-refractivity contribution in [3.05, 3.63) is 0 Å². The lowest BCUT2D eigenvalue weighted by atomic mass is 10.2. The van der Waals surface area contributed by atoms with Crippen LogP contribution >= 0.6 is 0 Å². The number of nitrogens with one attached hydrogen (secondary N) is 1. The van der Waals surface area contributed by atoms with E-state index in [-0.39, 0.29) is 11.4 Å². The van der Waals surface area contributed by atoms with Gasteiger partial charge in [0.2, 0.25) is 0 Å². The van der Waals surface area contributed by atoms with Gasteiger partial charge in [-0.1, -0.05) is 13.8 Å². The molecular weight excluding hydrogens is 250 g/mol. The molecule has 108 valence electrons. The van der Waals surface area contributed by atoms with Crippen LogP contribution in [-0.4, -0.2) is 45.2 Å². The number of ether oxygens (including phenoxy) is 1. The van der Waals surface area contributed by atoms with Crippen molar-refractivity contribution >= 4 is 9.84 Å². The first kappa shape index (κ1) is 15.9. The Balaban J connectivity index is 2.18. The van der Waals surface area contributed by atoms with Gasteiger partial charge in [-0.3, -0.25) is 0 Å². The van der Waals surface area contributed by atoms with Gasteiger partial charge in [-0.15, -0.1) is 0 Å². The third-order valence-corrected chi connectivity index (χ3v) is 5.75. The molecule has 0 aromatic carbocycles. The molecule has 1 heterocycles. The Kier molecular flexibility index (Phi) is 6.60. The summed E-state index contributed by atoms with van der Waals surface area (Å²) in [4.78, 5) is 0. The Bertz CT molecular complexity index is 327. The van der Waals surface area contributed by atoms with Crippen molar-refractivity contribution in [2.75, 3.05) is 25.4 Å². The second kappa shape index (κ2) is 7.46. The van der Waals surface area contributed by atoms with E-state index < -0.39 is 9.84 Å². The Morgan fingerprint density at radius 3 is 2.61 bits per heavy atom. The SMILES string of the molecule is CC(C)CNCCCCS(=O)(=O)C1CCOC1C. The third kappa shape index (κ3) is 5.24. The maximum absolute atomic E-state index is 12.1. The van der Waals surface area contributed by atoms with Gasteiger partial charge in [0.15, 0.2) is 9.84 Å². The van der Waals surface area contributed by atoms with E-state index in [4.69, 9.17) is 4.74 Å². The zero-order valence-electron chi connectivity index (χ0n) is 11.8. The van der Waals surface area contributed by atoms with Crippen LogP contribution in [-0.2, 0) is 14.6 Å². The molecule has 1 rings (SSSR count). The molecule has 0 radical (unpaired) electrons. The molecule has 1 aliphatic heterocycles. The monoisotopic (exact) mass is 277 g/mol. The summed E-state index contributed by atoms with van der Waals surface area (Å²) in [5.41, 5.74) is 0. The van der Waals surface area contributed by atoms with Crippen LogP contribution in [0.5, 0.6) is 0 Å². The number of rotatable bonds is 8. The van der Waals surface area contributed by atoms with E-state index in [1.807, 2.05) is 6.92 Å². The molecule has 0 bridgehead atoms. The van der Waals surface area contributed by atoms with Crippen LogP contribution in [0.1, 0.15) is 40.0 Å². The minimum Gasteiger partial charge on any atom is -0.377 e. The van der Waals surface area contributed by atoms with Crippen molar-refractivity contribution < 1.29 is 13.2 Å². The Labute approximate surface area is 111 Å². The fourth-order valence-corrected chi connectivity index (χ4v) is 4.31. The number of hydrogen-bond acceptors (Lipinski definition) is 4. The van der Waals surface area contributed by atoms with Crippen molar-refractivity contribution in [1.29, 1.82) is 0 Å². The highest BCUT2D eigenvalue weighted by Gasteiger charge is 2.34. The summed E-state index contributed by atoms with van der Waals surface area (Å²) in [6, 6.07) is 0. The van der Waals surface area contributed by atoms with Crippen molar-refractivity contribution in [3.8, 4) is 0 Å². The number of sulfone groups is 1. The van der Waals surface area contributed by atoms with Gasteiger partial charge in [-0.05, 0) is 45.2 Å². The first-order valence-corrected chi connectivity index (χ1v) is 8.69. The van der Waals surface area contributed by atoms with E-state index in [9.17, 15) is 8.42 Å². The molecule has 0 amide bonds. The Morgan fingerprint density at radius 1 is 1.33 bits per heavy atom. The summed E-state index contributed by atoms with van der Waals surface area (Å²) in [5, 5.41) is 3.05. The Hall–Kier alpha value is -0.130. The van der Waals surface area contributed by atoms with Crippen molar-refractivity contribution in [3.63, 3.8) is 0 Å². The van der Waals surface area contributed by atoms with Gasteiger partial charge in [-0.2, -0.15) is 0 Å². The number of hydrogen-bond donors (Lipinski definition) is 1. The van der Waals surface area contributed by atoms with E-state index in [1.54, 1.807) is 0 Å². The summed E-state index contributed by atoms with van der Waals surface area (Å²) in [6.07, 6.45) is 2.20. The smallest absolute Gasteiger partial charge is 0.155 e. The van der Waals surface area contributed by atoms with Crippen LogP contribution in [0.4, 0.5) is 0 Å². The van der Waals surface area contributed by atoms with Crippen LogP contribution in [0.3, 0.4) is 0 Å². The van der Waals surface area contributed by atoms with E-state index >= 15 is 0 Å². The molecule has 0 aromatic heterocycles. The van der Waals surface area contributed by atoms with Gasteiger partial charge in [0.25, 0.3) is 0 Å². The minimum absolute atomic E-state index is 0.130. The van der Waals surface area contributed by atoms with Crippen molar-refractivity contribution in [2.45, 2.75) is 51.4 Å². The van der Waals surface area contributed by atoms with Crippen molar-refractivity contribution in [2.24, 2.45) is 5.92 Å². The predicted octanol–water partition coefficient (Wildman–Crippen LogP) is 1.60. The number of unbranched alkanes of at least 4 members (excludes halogenated alkanes) is 1. The molecule has 18 heavy (non-hydrogen) atoms. The zero-order chi connectivity index (χ0) is 13.6. The van der Waals surface area contributed by atoms with Gasteiger partial charge < -0.3 is 10.1 Å². The molecule has 1 saturated heterocycles. The first-order valence-electron chi connectivity index (χ1n) is 6.97. The molecule has 0 saturated carbocycles. The van der Waals surface area contributed by atoms with Crippen LogP contribution < -0.4 is 5.32 Å². The molecule has 5 heteroatoms. The lowest BCUT2D eigenvalue weighted by molar-refractivity contribution is 0.126. The van der Waals surface area contributed by atoms with E-state index in [0.29, 0.717) is 24.7 Å². The van der Waals surface area contributed by atoms with Crippen LogP contribution in [0, 0.1) is 5.92 Å². The molecular formula is C13H27NO3S.